The minimum Gasteiger partial charge on any atom is -0.244 e. The van der Waals surface area contributed by atoms with Gasteiger partial charge in [0, 0.05) is 28.5 Å². The Morgan fingerprint density at radius 1 is 0.905 bits per heavy atom. The maximum absolute atomic E-state index is 14.6. The van der Waals surface area contributed by atoms with Crippen LogP contribution in [-0.4, -0.2) is 9.97 Å². The minimum absolute atomic E-state index is 0.0634. The summed E-state index contributed by atoms with van der Waals surface area (Å²) in [4.78, 5) is 8.00. The van der Waals surface area contributed by atoms with Crippen molar-refractivity contribution in [2.24, 2.45) is 5.92 Å². The third kappa shape index (κ3) is 3.71. The quantitative estimate of drug-likeness (QED) is 0.218. The van der Waals surface area contributed by atoms with Crippen molar-refractivity contribution < 1.29 is 13.2 Å². The Balaban J connectivity index is 1.66. The molecule has 7 rings (SSSR count). The van der Waals surface area contributed by atoms with Crippen LogP contribution in [-0.2, 0) is 17.0 Å². The summed E-state index contributed by atoms with van der Waals surface area (Å²) in [5.74, 6) is -0.544. The van der Waals surface area contributed by atoms with Gasteiger partial charge in [-0.2, -0.15) is 13.2 Å². The van der Waals surface area contributed by atoms with Crippen molar-refractivity contribution in [3.05, 3.63) is 125 Å². The van der Waals surface area contributed by atoms with Gasteiger partial charge in [0.15, 0.2) is 5.69 Å². The predicted octanol–water partition coefficient (Wildman–Crippen LogP) is 9.01. The molecule has 0 spiro atoms. The van der Waals surface area contributed by atoms with Crippen molar-refractivity contribution in [3.8, 4) is 0 Å². The van der Waals surface area contributed by atoms with Gasteiger partial charge in [-0.1, -0.05) is 113 Å². The summed E-state index contributed by atoms with van der Waals surface area (Å²) in [6, 6.07) is 23.3. The molecule has 4 aromatic carbocycles. The van der Waals surface area contributed by atoms with E-state index in [0.717, 1.165) is 22.7 Å². The van der Waals surface area contributed by atoms with Crippen LogP contribution in [0.2, 0.25) is 0 Å². The zero-order valence-electron chi connectivity index (χ0n) is 24.2. The SMILES string of the molecule is CC(C)C(c1cncnc1C(F)(F)F)C1(C)CC(C)(c2ccccc2)C2C=CC=c3c2c1c1cccc2cccc3c21. The van der Waals surface area contributed by atoms with Crippen molar-refractivity contribution in [1.82, 2.24) is 9.97 Å². The van der Waals surface area contributed by atoms with Crippen LogP contribution >= 0.6 is 0 Å². The standard InChI is InChI=1S/C37H33F3N2/c1-22(2)32(28-19-41-21-42-34(28)37(38,39)40)36(4)20-35(3,24-13-6-5-7-14-24)29-18-10-16-26-25-15-8-11-23-12-9-17-27(30(23)25)33(36)31(26)29/h5-19,21-22,29,32H,20H2,1-4H3. The van der Waals surface area contributed by atoms with E-state index in [9.17, 15) is 13.2 Å². The van der Waals surface area contributed by atoms with Crippen LogP contribution in [0.25, 0.3) is 27.6 Å². The van der Waals surface area contributed by atoms with E-state index in [0.29, 0.717) is 6.42 Å². The lowest BCUT2D eigenvalue weighted by Gasteiger charge is -2.55. The fraction of sp³-hybridized carbons (Fsp3) is 0.297. The Kier molecular flexibility index (Phi) is 5.92. The third-order valence-corrected chi connectivity index (χ3v) is 10.0. The lowest BCUT2D eigenvalue weighted by Crippen LogP contribution is -2.50. The van der Waals surface area contributed by atoms with Crippen molar-refractivity contribution in [1.29, 1.82) is 0 Å². The normalized spacial score (nSPS) is 24.1. The number of halogens is 3. The topological polar surface area (TPSA) is 25.8 Å². The molecule has 0 saturated heterocycles. The van der Waals surface area contributed by atoms with E-state index in [1.54, 1.807) is 0 Å². The smallest absolute Gasteiger partial charge is 0.244 e. The first-order valence-electron chi connectivity index (χ1n) is 14.6. The van der Waals surface area contributed by atoms with Crippen molar-refractivity contribution in [2.45, 2.75) is 63.0 Å². The Labute approximate surface area is 244 Å². The highest BCUT2D eigenvalue weighted by molar-refractivity contribution is 6.13. The molecule has 0 amide bonds. The van der Waals surface area contributed by atoms with Gasteiger partial charge in [-0.25, -0.2) is 9.97 Å². The van der Waals surface area contributed by atoms with Crippen LogP contribution < -0.4 is 5.22 Å². The Bertz CT molecular complexity index is 1920. The van der Waals surface area contributed by atoms with Crippen molar-refractivity contribution >= 4 is 27.6 Å². The molecular formula is C37H33F3N2. The van der Waals surface area contributed by atoms with Gasteiger partial charge >= 0.3 is 6.18 Å². The van der Waals surface area contributed by atoms with E-state index in [1.807, 2.05) is 19.9 Å². The van der Waals surface area contributed by atoms with E-state index in [-0.39, 0.29) is 22.8 Å². The van der Waals surface area contributed by atoms with E-state index < -0.39 is 23.2 Å². The lowest BCUT2D eigenvalue weighted by molar-refractivity contribution is -0.142. The molecule has 0 N–H and O–H groups in total. The number of allylic oxidation sites excluding steroid dienone is 2. The Morgan fingerprint density at radius 3 is 2.31 bits per heavy atom. The maximum Gasteiger partial charge on any atom is 0.433 e. The van der Waals surface area contributed by atoms with Crippen LogP contribution in [0.15, 0.2) is 91.4 Å². The summed E-state index contributed by atoms with van der Waals surface area (Å²) in [6.07, 6.45) is 5.18. The number of nitrogens with zero attached hydrogens (tertiary/aromatic N) is 2. The number of rotatable bonds is 4. The van der Waals surface area contributed by atoms with Crippen LogP contribution in [0.4, 0.5) is 13.2 Å². The van der Waals surface area contributed by atoms with Crippen LogP contribution in [0, 0.1) is 5.92 Å². The highest BCUT2D eigenvalue weighted by Crippen LogP contribution is 2.62. The molecule has 2 aliphatic carbocycles. The second-order valence-corrected chi connectivity index (χ2v) is 12.9. The molecule has 0 fully saturated rings. The summed E-state index contributed by atoms with van der Waals surface area (Å²) in [6.45, 7) is 8.57. The lowest BCUT2D eigenvalue weighted by atomic mass is 9.48. The molecule has 5 heteroatoms. The summed E-state index contributed by atoms with van der Waals surface area (Å²) < 4.78 is 43.7. The van der Waals surface area contributed by atoms with Gasteiger partial charge < -0.3 is 0 Å². The Morgan fingerprint density at radius 2 is 1.62 bits per heavy atom. The molecule has 2 nitrogen and oxygen atoms in total. The molecule has 0 radical (unpaired) electrons. The number of aromatic nitrogens is 2. The second-order valence-electron chi connectivity index (χ2n) is 12.9. The first-order valence-corrected chi connectivity index (χ1v) is 14.6. The molecule has 2 aliphatic rings. The van der Waals surface area contributed by atoms with E-state index in [2.05, 4.69) is 103 Å². The Hall–Kier alpha value is -3.99. The molecule has 5 aromatic rings. The minimum atomic E-state index is -4.59. The summed E-state index contributed by atoms with van der Waals surface area (Å²) in [5, 5.41) is 5.82. The average molecular weight is 563 g/mol. The first kappa shape index (κ1) is 26.9. The van der Waals surface area contributed by atoms with Crippen LogP contribution in [0.1, 0.15) is 73.9 Å². The molecule has 212 valence electrons. The molecule has 4 unspecified atom stereocenters. The summed E-state index contributed by atoms with van der Waals surface area (Å²) in [7, 11) is 0. The molecule has 4 atom stereocenters. The molecule has 42 heavy (non-hydrogen) atoms. The fourth-order valence-electron chi connectivity index (χ4n) is 8.78. The van der Waals surface area contributed by atoms with Gasteiger partial charge in [0.2, 0.25) is 0 Å². The van der Waals surface area contributed by atoms with E-state index >= 15 is 0 Å². The number of alkyl halides is 3. The fourth-order valence-corrected chi connectivity index (χ4v) is 8.78. The molecule has 1 aromatic heterocycles. The number of fused-ring (bicyclic) bond motifs is 2. The summed E-state index contributed by atoms with van der Waals surface area (Å²) >= 11 is 0. The van der Waals surface area contributed by atoms with Crippen LogP contribution in [0.3, 0.4) is 0 Å². The zero-order chi connectivity index (χ0) is 29.4. The van der Waals surface area contributed by atoms with Crippen molar-refractivity contribution in [3.63, 3.8) is 0 Å². The van der Waals surface area contributed by atoms with E-state index in [4.69, 9.17) is 0 Å². The monoisotopic (exact) mass is 562 g/mol. The largest absolute Gasteiger partial charge is 0.433 e. The maximum atomic E-state index is 14.6. The number of hydrogen-bond acceptors (Lipinski definition) is 2. The van der Waals surface area contributed by atoms with Gasteiger partial charge in [0.05, 0.1) is 0 Å². The van der Waals surface area contributed by atoms with E-state index in [1.165, 1.54) is 33.3 Å². The van der Waals surface area contributed by atoms with Crippen molar-refractivity contribution in [2.75, 3.05) is 0 Å². The molecule has 1 heterocycles. The third-order valence-electron chi connectivity index (χ3n) is 10.0. The predicted molar refractivity (Wildman–Crippen MR) is 163 cm³/mol. The number of hydrogen-bond donors (Lipinski definition) is 0. The average Bonchev–Trinajstić information content (AvgIpc) is 2.97. The van der Waals surface area contributed by atoms with Crippen LogP contribution in [0.5, 0.6) is 0 Å². The van der Waals surface area contributed by atoms with Gasteiger partial charge in [-0.3, -0.25) is 0 Å². The number of benzene rings is 4. The summed E-state index contributed by atoms with van der Waals surface area (Å²) in [5.41, 5.74) is 1.88. The highest BCUT2D eigenvalue weighted by atomic mass is 19.4. The molecule has 0 aliphatic heterocycles. The molecule has 0 saturated carbocycles. The van der Waals surface area contributed by atoms with Gasteiger partial charge in [0.1, 0.15) is 6.33 Å². The van der Waals surface area contributed by atoms with Gasteiger partial charge in [-0.05, 0) is 61.7 Å². The first-order chi connectivity index (χ1) is 20.1. The zero-order valence-corrected chi connectivity index (χ0v) is 24.2. The highest BCUT2D eigenvalue weighted by Gasteiger charge is 2.55. The van der Waals surface area contributed by atoms with Gasteiger partial charge in [-0.15, -0.1) is 0 Å². The van der Waals surface area contributed by atoms with Gasteiger partial charge in [0.25, 0.3) is 0 Å². The molecular weight excluding hydrogens is 529 g/mol. The molecule has 0 bridgehead atoms. The second kappa shape index (κ2) is 9.26.